The van der Waals surface area contributed by atoms with Crippen molar-refractivity contribution >= 4 is 11.7 Å². The van der Waals surface area contributed by atoms with Gasteiger partial charge in [0.2, 0.25) is 5.88 Å². The molecular formula is C14H22N4O3. The summed E-state index contributed by atoms with van der Waals surface area (Å²) in [5, 5.41) is 5.85. The molecular weight excluding hydrogens is 272 g/mol. The van der Waals surface area contributed by atoms with Crippen molar-refractivity contribution in [1.29, 1.82) is 0 Å². The summed E-state index contributed by atoms with van der Waals surface area (Å²) in [5.74, 6) is 0.576. The largest absolute Gasteiger partial charge is 0.471 e. The monoisotopic (exact) mass is 294 g/mol. The first-order valence-corrected chi connectivity index (χ1v) is 7.05. The fourth-order valence-corrected chi connectivity index (χ4v) is 2.21. The van der Waals surface area contributed by atoms with Crippen molar-refractivity contribution in [3.63, 3.8) is 0 Å². The number of hydrogen-bond donors (Lipinski definition) is 2. The van der Waals surface area contributed by atoms with Gasteiger partial charge < -0.3 is 25.0 Å². The highest BCUT2D eigenvalue weighted by atomic mass is 16.5. The van der Waals surface area contributed by atoms with E-state index in [1.54, 1.807) is 18.2 Å². The van der Waals surface area contributed by atoms with Crippen molar-refractivity contribution in [3.05, 3.63) is 18.3 Å². The SMILES string of the molecule is CNc1cccnc1OC1CCN(C(=O)NCCOC)C1. The Bertz CT molecular complexity index is 469. The zero-order chi connectivity index (χ0) is 15.1. The van der Waals surface area contributed by atoms with Crippen LogP contribution in [-0.4, -0.2) is 62.4 Å². The number of urea groups is 1. The van der Waals surface area contributed by atoms with Gasteiger partial charge in [0, 0.05) is 39.9 Å². The average Bonchev–Trinajstić information content (AvgIpc) is 2.96. The highest BCUT2D eigenvalue weighted by Gasteiger charge is 2.28. The summed E-state index contributed by atoms with van der Waals surface area (Å²) < 4.78 is 10.8. The lowest BCUT2D eigenvalue weighted by molar-refractivity contribution is 0.174. The third kappa shape index (κ3) is 4.22. The molecule has 1 aliphatic rings. The van der Waals surface area contributed by atoms with E-state index in [1.165, 1.54) is 0 Å². The second-order valence-corrected chi connectivity index (χ2v) is 4.81. The first-order chi connectivity index (χ1) is 10.2. The van der Waals surface area contributed by atoms with Crippen LogP contribution < -0.4 is 15.4 Å². The zero-order valence-electron chi connectivity index (χ0n) is 12.5. The topological polar surface area (TPSA) is 75.7 Å². The molecule has 1 saturated heterocycles. The van der Waals surface area contributed by atoms with Gasteiger partial charge in [0.1, 0.15) is 6.10 Å². The number of nitrogens with zero attached hydrogens (tertiary/aromatic N) is 2. The molecule has 7 nitrogen and oxygen atoms in total. The molecule has 0 aliphatic carbocycles. The van der Waals surface area contributed by atoms with Crippen molar-refractivity contribution in [2.75, 3.05) is 45.7 Å². The van der Waals surface area contributed by atoms with Gasteiger partial charge in [0.25, 0.3) is 0 Å². The molecule has 0 spiro atoms. The molecule has 116 valence electrons. The molecule has 0 bridgehead atoms. The van der Waals surface area contributed by atoms with Gasteiger partial charge in [0.05, 0.1) is 18.8 Å². The van der Waals surface area contributed by atoms with Crippen LogP contribution in [0.5, 0.6) is 5.88 Å². The molecule has 1 aliphatic heterocycles. The summed E-state index contributed by atoms with van der Waals surface area (Å²) in [5.41, 5.74) is 0.848. The smallest absolute Gasteiger partial charge is 0.317 e. The second-order valence-electron chi connectivity index (χ2n) is 4.81. The summed E-state index contributed by atoms with van der Waals surface area (Å²) in [4.78, 5) is 17.9. The lowest BCUT2D eigenvalue weighted by Gasteiger charge is -2.18. The van der Waals surface area contributed by atoms with Gasteiger partial charge in [-0.25, -0.2) is 9.78 Å². The summed E-state index contributed by atoms with van der Waals surface area (Å²) in [6.45, 7) is 2.28. The summed E-state index contributed by atoms with van der Waals surface area (Å²) >= 11 is 0. The predicted octanol–water partition coefficient (Wildman–Crippen LogP) is 0.932. The quantitative estimate of drug-likeness (QED) is 0.764. The molecule has 1 fully saturated rings. The minimum absolute atomic E-state index is 0.0276. The Kier molecular flexibility index (Phi) is 5.62. The van der Waals surface area contributed by atoms with Gasteiger partial charge in [-0.15, -0.1) is 0 Å². The maximum atomic E-state index is 11.9. The van der Waals surface area contributed by atoms with Gasteiger partial charge in [-0.05, 0) is 12.1 Å². The summed E-state index contributed by atoms with van der Waals surface area (Å²) in [6.07, 6.45) is 2.47. The Hall–Kier alpha value is -2.02. The molecule has 2 rings (SSSR count). The van der Waals surface area contributed by atoms with Crippen LogP contribution in [0.4, 0.5) is 10.5 Å². The molecule has 1 unspecified atom stereocenters. The Morgan fingerprint density at radius 2 is 2.43 bits per heavy atom. The van der Waals surface area contributed by atoms with Gasteiger partial charge >= 0.3 is 6.03 Å². The molecule has 7 heteroatoms. The number of aromatic nitrogens is 1. The van der Waals surface area contributed by atoms with Gasteiger partial charge in [-0.1, -0.05) is 0 Å². The van der Waals surface area contributed by atoms with E-state index in [4.69, 9.17) is 9.47 Å². The fraction of sp³-hybridized carbons (Fsp3) is 0.571. The molecule has 0 saturated carbocycles. The Morgan fingerprint density at radius 1 is 1.57 bits per heavy atom. The lowest BCUT2D eigenvalue weighted by Crippen LogP contribution is -2.40. The first kappa shape index (κ1) is 15.4. The van der Waals surface area contributed by atoms with E-state index in [0.29, 0.717) is 32.1 Å². The number of anilines is 1. The first-order valence-electron chi connectivity index (χ1n) is 7.05. The second kappa shape index (κ2) is 7.68. The van der Waals surface area contributed by atoms with Crippen molar-refractivity contribution in [2.45, 2.75) is 12.5 Å². The number of hydrogen-bond acceptors (Lipinski definition) is 5. The zero-order valence-corrected chi connectivity index (χ0v) is 12.5. The van der Waals surface area contributed by atoms with Gasteiger partial charge in [-0.3, -0.25) is 0 Å². The Labute approximate surface area is 124 Å². The molecule has 0 radical (unpaired) electrons. The molecule has 1 atom stereocenters. The highest BCUT2D eigenvalue weighted by molar-refractivity contribution is 5.74. The number of carbonyl (C=O) groups excluding carboxylic acids is 1. The van der Waals surface area contributed by atoms with E-state index in [9.17, 15) is 4.79 Å². The van der Waals surface area contributed by atoms with Crippen LogP contribution in [0, 0.1) is 0 Å². The molecule has 2 amide bonds. The number of pyridine rings is 1. The minimum atomic E-state index is -0.0759. The molecule has 21 heavy (non-hydrogen) atoms. The van der Waals surface area contributed by atoms with Crippen molar-refractivity contribution in [3.8, 4) is 5.88 Å². The van der Waals surface area contributed by atoms with E-state index in [1.807, 2.05) is 19.2 Å². The molecule has 1 aromatic heterocycles. The fourth-order valence-electron chi connectivity index (χ4n) is 2.21. The highest BCUT2D eigenvalue weighted by Crippen LogP contribution is 2.23. The number of nitrogens with one attached hydrogen (secondary N) is 2. The van der Waals surface area contributed by atoms with Crippen LogP contribution in [0.3, 0.4) is 0 Å². The number of methoxy groups -OCH3 is 1. The maximum Gasteiger partial charge on any atom is 0.317 e. The van der Waals surface area contributed by atoms with Gasteiger partial charge in [-0.2, -0.15) is 0 Å². The van der Waals surface area contributed by atoms with Crippen LogP contribution >= 0.6 is 0 Å². The lowest BCUT2D eigenvalue weighted by atomic mass is 10.3. The van der Waals surface area contributed by atoms with E-state index in [0.717, 1.165) is 12.1 Å². The Morgan fingerprint density at radius 3 is 3.19 bits per heavy atom. The molecule has 2 N–H and O–H groups in total. The van der Waals surface area contributed by atoms with E-state index in [2.05, 4.69) is 15.6 Å². The normalized spacial score (nSPS) is 17.6. The predicted molar refractivity (Wildman–Crippen MR) is 79.7 cm³/mol. The van der Waals surface area contributed by atoms with E-state index >= 15 is 0 Å². The minimum Gasteiger partial charge on any atom is -0.471 e. The number of rotatable bonds is 6. The van der Waals surface area contributed by atoms with Crippen LogP contribution in [0.1, 0.15) is 6.42 Å². The van der Waals surface area contributed by atoms with Crippen molar-refractivity contribution < 1.29 is 14.3 Å². The average molecular weight is 294 g/mol. The van der Waals surface area contributed by atoms with Crippen LogP contribution in [0.2, 0.25) is 0 Å². The maximum absolute atomic E-state index is 11.9. The number of amides is 2. The van der Waals surface area contributed by atoms with Gasteiger partial charge in [0.15, 0.2) is 0 Å². The molecule has 1 aromatic rings. The Balaban J connectivity index is 1.83. The number of carbonyl (C=O) groups is 1. The van der Waals surface area contributed by atoms with Crippen molar-refractivity contribution in [2.24, 2.45) is 0 Å². The number of likely N-dealkylation sites (tertiary alicyclic amines) is 1. The summed E-state index contributed by atoms with van der Waals surface area (Å²) in [6, 6.07) is 3.68. The molecule has 2 heterocycles. The van der Waals surface area contributed by atoms with E-state index < -0.39 is 0 Å². The third-order valence-electron chi connectivity index (χ3n) is 3.33. The van der Waals surface area contributed by atoms with Crippen LogP contribution in [-0.2, 0) is 4.74 Å². The van der Waals surface area contributed by atoms with Crippen molar-refractivity contribution in [1.82, 2.24) is 15.2 Å². The van der Waals surface area contributed by atoms with E-state index in [-0.39, 0.29) is 12.1 Å². The van der Waals surface area contributed by atoms with Crippen LogP contribution in [0.15, 0.2) is 18.3 Å². The standard InChI is InChI=1S/C14H22N4O3/c1-15-12-4-3-6-16-13(12)21-11-5-8-18(10-11)14(19)17-7-9-20-2/h3-4,6,11,15H,5,7-10H2,1-2H3,(H,17,19). The third-order valence-corrected chi connectivity index (χ3v) is 3.33. The summed E-state index contributed by atoms with van der Waals surface area (Å²) in [7, 11) is 3.44. The number of ether oxygens (including phenoxy) is 2. The van der Waals surface area contributed by atoms with Crippen LogP contribution in [0.25, 0.3) is 0 Å². The molecule has 0 aromatic carbocycles.